The first-order valence-electron chi connectivity index (χ1n) is 18.4. The summed E-state index contributed by atoms with van der Waals surface area (Å²) < 4.78 is 26.4. The zero-order valence-corrected chi connectivity index (χ0v) is 34.8. The van der Waals surface area contributed by atoms with Crippen LogP contribution in [0.5, 0.6) is 11.8 Å². The van der Waals surface area contributed by atoms with Gasteiger partial charge in [-0.05, 0) is 89.8 Å². The first kappa shape index (κ1) is 39.9. The Hall–Kier alpha value is -4.81. The van der Waals surface area contributed by atoms with Crippen LogP contribution in [0.15, 0.2) is 43.1 Å². The second-order valence-corrected chi connectivity index (χ2v) is 16.8. The molecule has 0 aromatic carbocycles. The van der Waals surface area contributed by atoms with Crippen molar-refractivity contribution in [2.24, 2.45) is 0 Å². The second kappa shape index (κ2) is 16.5. The van der Waals surface area contributed by atoms with E-state index in [0.717, 1.165) is 58.4 Å². The summed E-state index contributed by atoms with van der Waals surface area (Å²) >= 11 is 2.22. The van der Waals surface area contributed by atoms with E-state index in [4.69, 9.17) is 28.9 Å². The highest BCUT2D eigenvalue weighted by molar-refractivity contribution is 14.1. The number of carbonyl (C=O) groups excluding carboxylic acids is 2. The van der Waals surface area contributed by atoms with Gasteiger partial charge in [0, 0.05) is 62.5 Å². The van der Waals surface area contributed by atoms with Crippen molar-refractivity contribution in [1.29, 1.82) is 0 Å². The molecule has 0 bridgehead atoms. The lowest BCUT2D eigenvalue weighted by Crippen LogP contribution is -2.42. The Bertz CT molecular complexity index is 2130. The number of methoxy groups -OCH3 is 2. The van der Waals surface area contributed by atoms with Gasteiger partial charge in [0.15, 0.2) is 11.3 Å². The largest absolute Gasteiger partial charge is 0.481 e. The van der Waals surface area contributed by atoms with Crippen LogP contribution in [-0.4, -0.2) is 113 Å². The fourth-order valence-electron chi connectivity index (χ4n) is 6.63. The molecule has 294 valence electrons. The van der Waals surface area contributed by atoms with E-state index in [2.05, 4.69) is 42.8 Å². The van der Waals surface area contributed by atoms with Gasteiger partial charge in [0.2, 0.25) is 11.8 Å². The van der Waals surface area contributed by atoms with Crippen molar-refractivity contribution in [1.82, 2.24) is 49.0 Å². The number of hydrogen-bond acceptors (Lipinski definition) is 12. The summed E-state index contributed by atoms with van der Waals surface area (Å²) in [4.78, 5) is 46.6. The number of hydrogen-bond donors (Lipinski definition) is 0. The van der Waals surface area contributed by atoms with Gasteiger partial charge in [-0.1, -0.05) is 0 Å². The Labute approximate surface area is 334 Å². The summed E-state index contributed by atoms with van der Waals surface area (Å²) in [7, 11) is 3.23. The number of amides is 2. The molecule has 55 heavy (non-hydrogen) atoms. The minimum Gasteiger partial charge on any atom is -0.481 e. The fourth-order valence-corrected chi connectivity index (χ4v) is 7.10. The van der Waals surface area contributed by atoms with E-state index in [-0.39, 0.29) is 24.0 Å². The maximum absolute atomic E-state index is 12.6. The van der Waals surface area contributed by atoms with Gasteiger partial charge >= 0.3 is 12.2 Å². The third-order valence-corrected chi connectivity index (χ3v) is 9.88. The van der Waals surface area contributed by atoms with Crippen LogP contribution in [-0.2, 0) is 9.47 Å². The van der Waals surface area contributed by atoms with E-state index in [1.165, 1.54) is 0 Å². The Morgan fingerprint density at radius 3 is 1.73 bits per heavy atom. The van der Waals surface area contributed by atoms with Gasteiger partial charge in [0.05, 0.1) is 59.0 Å². The first-order valence-corrected chi connectivity index (χ1v) is 19.4. The van der Waals surface area contributed by atoms with Crippen molar-refractivity contribution >= 4 is 46.1 Å². The van der Waals surface area contributed by atoms with Crippen LogP contribution >= 0.6 is 22.6 Å². The van der Waals surface area contributed by atoms with Crippen molar-refractivity contribution in [2.45, 2.75) is 90.3 Å². The monoisotopic (exact) mass is 868 g/mol. The molecule has 2 unspecified atom stereocenters. The average Bonchev–Trinajstić information content (AvgIpc) is 3.77. The molecule has 0 saturated carbocycles. The highest BCUT2D eigenvalue weighted by Crippen LogP contribution is 2.33. The van der Waals surface area contributed by atoms with E-state index in [0.29, 0.717) is 42.7 Å². The molecule has 2 amide bonds. The topological polar surface area (TPSA) is 164 Å². The first-order chi connectivity index (χ1) is 26.1. The molecule has 0 aliphatic carbocycles. The molecule has 17 heteroatoms. The predicted molar refractivity (Wildman–Crippen MR) is 212 cm³/mol. The van der Waals surface area contributed by atoms with Crippen LogP contribution in [0.2, 0.25) is 0 Å². The molecule has 5 aromatic rings. The van der Waals surface area contributed by atoms with Gasteiger partial charge in [0.1, 0.15) is 11.2 Å². The molecular weight excluding hydrogens is 819 g/mol. The van der Waals surface area contributed by atoms with Crippen LogP contribution in [0.3, 0.4) is 0 Å². The summed E-state index contributed by atoms with van der Waals surface area (Å²) in [6.45, 7) is 13.8. The van der Waals surface area contributed by atoms with E-state index >= 15 is 0 Å². The molecule has 0 radical (unpaired) electrons. The van der Waals surface area contributed by atoms with Gasteiger partial charge < -0.3 is 28.7 Å². The van der Waals surface area contributed by atoms with Gasteiger partial charge in [0.25, 0.3) is 0 Å². The molecule has 2 aliphatic heterocycles. The Morgan fingerprint density at radius 2 is 1.24 bits per heavy atom. The smallest absolute Gasteiger partial charge is 0.410 e. The van der Waals surface area contributed by atoms with Crippen molar-refractivity contribution < 1.29 is 28.5 Å². The third kappa shape index (κ3) is 9.53. The zero-order chi connectivity index (χ0) is 39.5. The van der Waals surface area contributed by atoms with Crippen LogP contribution in [0, 0.1) is 3.57 Å². The maximum atomic E-state index is 12.6. The number of halogens is 1. The van der Waals surface area contributed by atoms with Gasteiger partial charge in [-0.15, -0.1) is 0 Å². The maximum Gasteiger partial charge on any atom is 0.410 e. The van der Waals surface area contributed by atoms with Crippen LogP contribution in [0.1, 0.15) is 90.4 Å². The van der Waals surface area contributed by atoms with Gasteiger partial charge in [-0.25, -0.2) is 19.6 Å². The molecule has 2 fully saturated rings. The van der Waals surface area contributed by atoms with Gasteiger partial charge in [-0.3, -0.25) is 9.97 Å². The second-order valence-electron chi connectivity index (χ2n) is 15.6. The minimum atomic E-state index is -0.520. The molecule has 2 aliphatic rings. The van der Waals surface area contributed by atoms with Crippen molar-refractivity contribution in [2.75, 3.05) is 40.4 Å². The number of carbonyl (C=O) groups is 2. The summed E-state index contributed by atoms with van der Waals surface area (Å²) in [6.07, 6.45) is 11.6. The number of nitrogens with zero attached hydrogens (tertiary/aromatic N) is 10. The Kier molecular flexibility index (Phi) is 12.0. The van der Waals surface area contributed by atoms with Crippen LogP contribution < -0.4 is 9.47 Å². The van der Waals surface area contributed by atoms with E-state index < -0.39 is 11.2 Å². The van der Waals surface area contributed by atoms with Crippen LogP contribution in [0.4, 0.5) is 9.59 Å². The summed E-state index contributed by atoms with van der Waals surface area (Å²) in [5.74, 6) is 1.47. The number of rotatable bonds is 5. The average molecular weight is 869 g/mol. The molecular formula is C38H49IN10O6. The molecule has 7 rings (SSSR count). The number of fused-ring (bicyclic) bond motifs is 2. The van der Waals surface area contributed by atoms with E-state index in [1.54, 1.807) is 64.0 Å². The number of likely N-dealkylation sites (tertiary alicyclic amines) is 2. The predicted octanol–water partition coefficient (Wildman–Crippen LogP) is 6.77. The molecule has 0 N–H and O–H groups in total. The van der Waals surface area contributed by atoms with Crippen molar-refractivity contribution in [3.05, 3.63) is 58.1 Å². The molecule has 0 spiro atoms. The highest BCUT2D eigenvalue weighted by Gasteiger charge is 2.31. The summed E-state index contributed by atoms with van der Waals surface area (Å²) in [6, 6.07) is 3.81. The zero-order valence-electron chi connectivity index (χ0n) is 32.7. The van der Waals surface area contributed by atoms with Crippen molar-refractivity contribution in [3.63, 3.8) is 0 Å². The SMILES string of the molecule is COc1cc(C2CCCN(C(=O)OC(C)(C)C)C2)nc2c(-c3cnccn3)cnn12.COc1cc(C2CCCN(C(=O)OC(C)(C)C)C2)nc2c(I)cnn12. The third-order valence-electron chi connectivity index (χ3n) is 9.11. The molecule has 2 saturated heterocycles. The van der Waals surface area contributed by atoms with Gasteiger partial charge in [-0.2, -0.15) is 19.2 Å². The summed E-state index contributed by atoms with van der Waals surface area (Å²) in [5.41, 5.74) is 3.69. The number of ether oxygens (including phenoxy) is 4. The number of aromatic nitrogens is 8. The normalized spacial score (nSPS) is 17.8. The quantitative estimate of drug-likeness (QED) is 0.171. The molecule has 16 nitrogen and oxygen atoms in total. The number of piperidine rings is 2. The van der Waals surface area contributed by atoms with Crippen molar-refractivity contribution in [3.8, 4) is 23.0 Å². The van der Waals surface area contributed by atoms with Crippen LogP contribution in [0.25, 0.3) is 22.6 Å². The molecule has 7 heterocycles. The van der Waals surface area contributed by atoms with E-state index in [9.17, 15) is 9.59 Å². The fraction of sp³-hybridized carbons (Fsp3) is 0.526. The lowest BCUT2D eigenvalue weighted by atomic mass is 9.94. The molecule has 2 atom stereocenters. The lowest BCUT2D eigenvalue weighted by Gasteiger charge is -2.34. The Morgan fingerprint density at radius 1 is 0.727 bits per heavy atom. The standard InChI is InChI=1S/C21H26N6O3.C17H23IN4O3/c1-21(2,3)30-20(28)26-9-5-6-14(13-26)16-10-18(29-4)27-19(25-16)15(11-24-27)17-12-22-7-8-23-17;1-17(2,3)25-16(23)21-7-5-6-11(10-21)13-8-14(24-4)22-15(20-13)12(18)9-19-22/h7-8,10-12,14H,5-6,9,13H2,1-4H3;8-9,11H,5-7,10H2,1-4H3. The molecule has 5 aromatic heterocycles. The highest BCUT2D eigenvalue weighted by atomic mass is 127. The summed E-state index contributed by atoms with van der Waals surface area (Å²) in [5, 5.41) is 8.71. The minimum absolute atomic E-state index is 0.0785. The van der Waals surface area contributed by atoms with E-state index in [1.807, 2.05) is 53.7 Å². The lowest BCUT2D eigenvalue weighted by molar-refractivity contribution is 0.0187. The Balaban J connectivity index is 0.000000190.